The summed E-state index contributed by atoms with van der Waals surface area (Å²) in [6.07, 6.45) is 1.24. The molecule has 0 spiro atoms. The van der Waals surface area contributed by atoms with Crippen LogP contribution >= 0.6 is 23.1 Å². The van der Waals surface area contributed by atoms with Crippen LogP contribution in [0.3, 0.4) is 0 Å². The molecule has 0 bridgehead atoms. The molecule has 2 heterocycles. The van der Waals surface area contributed by atoms with Gasteiger partial charge in [0.05, 0.1) is 12.0 Å². The number of aryl methyl sites for hydroxylation is 1. The summed E-state index contributed by atoms with van der Waals surface area (Å²) in [4.78, 5) is 14.2. The SMILES string of the molecule is Cc1nnc(SCC(=O)Nc2ccc(N3CCN(S(C)(=O)=O)CC3)cc2)s1. The summed E-state index contributed by atoms with van der Waals surface area (Å²) in [7, 11) is -3.13. The summed E-state index contributed by atoms with van der Waals surface area (Å²) in [5.41, 5.74) is 1.74. The Morgan fingerprint density at radius 3 is 2.41 bits per heavy atom. The number of aromatic nitrogens is 2. The summed E-state index contributed by atoms with van der Waals surface area (Å²) < 4.78 is 25.4. The number of hydrogen-bond donors (Lipinski definition) is 1. The van der Waals surface area contributed by atoms with Crippen molar-refractivity contribution in [2.45, 2.75) is 11.3 Å². The Morgan fingerprint density at radius 1 is 1.19 bits per heavy atom. The molecule has 1 aromatic carbocycles. The van der Waals surface area contributed by atoms with Crippen LogP contribution in [0.15, 0.2) is 28.6 Å². The second kappa shape index (κ2) is 8.55. The van der Waals surface area contributed by atoms with E-state index in [0.29, 0.717) is 26.2 Å². The molecule has 0 atom stereocenters. The zero-order chi connectivity index (χ0) is 19.4. The van der Waals surface area contributed by atoms with Gasteiger partial charge in [-0.1, -0.05) is 23.1 Å². The Bertz CT molecular complexity index is 890. The molecule has 1 fully saturated rings. The first-order valence-corrected chi connectivity index (χ1v) is 12.0. The summed E-state index contributed by atoms with van der Waals surface area (Å²) in [5.74, 6) is 0.187. The van der Waals surface area contributed by atoms with Gasteiger partial charge in [-0.3, -0.25) is 4.79 Å². The maximum absolute atomic E-state index is 12.1. The van der Waals surface area contributed by atoms with Crippen molar-refractivity contribution >= 4 is 50.4 Å². The van der Waals surface area contributed by atoms with Crippen molar-refractivity contribution in [3.05, 3.63) is 29.3 Å². The minimum Gasteiger partial charge on any atom is -0.369 e. The van der Waals surface area contributed by atoms with E-state index in [1.165, 1.54) is 33.7 Å². The molecule has 1 aliphatic heterocycles. The van der Waals surface area contributed by atoms with E-state index < -0.39 is 10.0 Å². The average Bonchev–Trinajstić information content (AvgIpc) is 3.05. The first-order chi connectivity index (χ1) is 12.8. The number of anilines is 2. The lowest BCUT2D eigenvalue weighted by Gasteiger charge is -2.34. The van der Waals surface area contributed by atoms with Gasteiger partial charge in [-0.15, -0.1) is 10.2 Å². The Labute approximate surface area is 167 Å². The number of benzene rings is 1. The average molecular weight is 428 g/mol. The van der Waals surface area contributed by atoms with Crippen molar-refractivity contribution in [1.29, 1.82) is 0 Å². The third-order valence-electron chi connectivity index (χ3n) is 4.06. The number of amides is 1. The van der Waals surface area contributed by atoms with Gasteiger partial charge in [-0.05, 0) is 31.2 Å². The van der Waals surface area contributed by atoms with E-state index in [9.17, 15) is 13.2 Å². The Kier molecular flexibility index (Phi) is 6.35. The van der Waals surface area contributed by atoms with Crippen molar-refractivity contribution < 1.29 is 13.2 Å². The lowest BCUT2D eigenvalue weighted by atomic mass is 10.2. The van der Waals surface area contributed by atoms with Gasteiger partial charge in [0.1, 0.15) is 5.01 Å². The van der Waals surface area contributed by atoms with E-state index in [4.69, 9.17) is 0 Å². The van der Waals surface area contributed by atoms with Crippen molar-refractivity contribution in [2.75, 3.05) is 48.4 Å². The number of sulfonamides is 1. The van der Waals surface area contributed by atoms with E-state index in [2.05, 4.69) is 20.4 Å². The molecular weight excluding hydrogens is 406 g/mol. The van der Waals surface area contributed by atoms with Crippen LogP contribution in [0.4, 0.5) is 11.4 Å². The molecule has 27 heavy (non-hydrogen) atoms. The number of rotatable bonds is 6. The largest absolute Gasteiger partial charge is 0.369 e. The molecule has 0 radical (unpaired) electrons. The molecule has 2 aromatic rings. The zero-order valence-corrected chi connectivity index (χ0v) is 17.5. The van der Waals surface area contributed by atoms with E-state index in [0.717, 1.165) is 20.7 Å². The number of carbonyl (C=O) groups excluding carboxylic acids is 1. The van der Waals surface area contributed by atoms with E-state index >= 15 is 0 Å². The van der Waals surface area contributed by atoms with Gasteiger partial charge in [0.25, 0.3) is 0 Å². The molecule has 0 unspecified atom stereocenters. The molecule has 8 nitrogen and oxygen atoms in total. The van der Waals surface area contributed by atoms with Gasteiger partial charge < -0.3 is 10.2 Å². The molecule has 1 aromatic heterocycles. The van der Waals surface area contributed by atoms with E-state index in [1.807, 2.05) is 31.2 Å². The lowest BCUT2D eigenvalue weighted by Crippen LogP contribution is -2.48. The maximum atomic E-state index is 12.1. The van der Waals surface area contributed by atoms with Gasteiger partial charge in [0.15, 0.2) is 4.34 Å². The predicted octanol–water partition coefficient (Wildman–Crippen LogP) is 1.66. The fraction of sp³-hybridized carbons (Fsp3) is 0.438. The normalized spacial score (nSPS) is 15.7. The van der Waals surface area contributed by atoms with Crippen LogP contribution in [0, 0.1) is 6.92 Å². The van der Waals surface area contributed by atoms with E-state index in [1.54, 1.807) is 0 Å². The number of piperazine rings is 1. The molecule has 0 saturated carbocycles. The number of nitrogens with one attached hydrogen (secondary N) is 1. The minimum atomic E-state index is -3.13. The molecule has 1 aliphatic rings. The molecule has 11 heteroatoms. The fourth-order valence-corrected chi connectivity index (χ4v) is 5.14. The topological polar surface area (TPSA) is 95.5 Å². The summed E-state index contributed by atoms with van der Waals surface area (Å²) in [5, 5.41) is 11.7. The Morgan fingerprint density at radius 2 is 1.85 bits per heavy atom. The first-order valence-electron chi connectivity index (χ1n) is 8.34. The van der Waals surface area contributed by atoms with Crippen LogP contribution in [0.25, 0.3) is 0 Å². The fourth-order valence-electron chi connectivity index (χ4n) is 2.69. The number of hydrogen-bond acceptors (Lipinski definition) is 8. The van der Waals surface area contributed by atoms with Gasteiger partial charge in [-0.2, -0.15) is 4.31 Å². The first kappa shape index (κ1) is 20.1. The molecule has 1 saturated heterocycles. The monoisotopic (exact) mass is 427 g/mol. The second-order valence-corrected chi connectivity index (χ2v) is 10.5. The summed E-state index contributed by atoms with van der Waals surface area (Å²) in [6, 6.07) is 7.59. The molecule has 1 N–H and O–H groups in total. The number of nitrogens with zero attached hydrogens (tertiary/aromatic N) is 4. The van der Waals surface area contributed by atoms with Gasteiger partial charge in [0, 0.05) is 37.6 Å². The van der Waals surface area contributed by atoms with Crippen molar-refractivity contribution in [3.63, 3.8) is 0 Å². The highest BCUT2D eigenvalue weighted by Gasteiger charge is 2.23. The van der Waals surface area contributed by atoms with Crippen LogP contribution in [0.1, 0.15) is 5.01 Å². The second-order valence-electron chi connectivity index (χ2n) is 6.12. The highest BCUT2D eigenvalue weighted by atomic mass is 32.2. The zero-order valence-electron chi connectivity index (χ0n) is 15.1. The van der Waals surface area contributed by atoms with Gasteiger partial charge >= 0.3 is 0 Å². The smallest absolute Gasteiger partial charge is 0.234 e. The third kappa shape index (κ3) is 5.64. The van der Waals surface area contributed by atoms with Crippen molar-refractivity contribution in [2.24, 2.45) is 0 Å². The summed E-state index contributed by atoms with van der Waals surface area (Å²) >= 11 is 2.84. The number of thioether (sulfide) groups is 1. The predicted molar refractivity (Wildman–Crippen MR) is 109 cm³/mol. The van der Waals surface area contributed by atoms with Crippen LogP contribution < -0.4 is 10.2 Å². The van der Waals surface area contributed by atoms with Crippen LogP contribution in [0.2, 0.25) is 0 Å². The highest BCUT2D eigenvalue weighted by molar-refractivity contribution is 8.01. The molecule has 3 rings (SSSR count). The highest BCUT2D eigenvalue weighted by Crippen LogP contribution is 2.23. The molecule has 0 aliphatic carbocycles. The quantitative estimate of drug-likeness (QED) is 0.701. The molecule has 1 amide bonds. The summed E-state index contributed by atoms with van der Waals surface area (Å²) in [6.45, 7) is 4.15. The lowest BCUT2D eigenvalue weighted by molar-refractivity contribution is -0.113. The van der Waals surface area contributed by atoms with Crippen LogP contribution in [0.5, 0.6) is 0 Å². The van der Waals surface area contributed by atoms with Crippen LogP contribution in [-0.4, -0.2) is 67.0 Å². The number of carbonyl (C=O) groups is 1. The Balaban J connectivity index is 1.49. The Hall–Kier alpha value is -1.69. The van der Waals surface area contributed by atoms with Gasteiger partial charge in [-0.25, -0.2) is 8.42 Å². The van der Waals surface area contributed by atoms with Crippen molar-refractivity contribution in [1.82, 2.24) is 14.5 Å². The van der Waals surface area contributed by atoms with Crippen LogP contribution in [-0.2, 0) is 14.8 Å². The van der Waals surface area contributed by atoms with Crippen molar-refractivity contribution in [3.8, 4) is 0 Å². The third-order valence-corrected chi connectivity index (χ3v) is 7.33. The minimum absolute atomic E-state index is 0.0950. The molecule has 146 valence electrons. The van der Waals surface area contributed by atoms with E-state index in [-0.39, 0.29) is 11.7 Å². The maximum Gasteiger partial charge on any atom is 0.234 e. The standard InChI is InChI=1S/C16H21N5O3S3/c1-12-18-19-16(26-12)25-11-15(22)17-13-3-5-14(6-4-13)20-7-9-21(10-8-20)27(2,23)24/h3-6H,7-11H2,1-2H3,(H,17,22). The molecular formula is C16H21N5O3S3. The van der Waals surface area contributed by atoms with Gasteiger partial charge in [0.2, 0.25) is 15.9 Å².